The first kappa shape index (κ1) is 13.9. The molecule has 1 heterocycles. The second kappa shape index (κ2) is 5.35. The molecular formula is C16H9Cl2NO2. The summed E-state index contributed by atoms with van der Waals surface area (Å²) in [5, 5.41) is 3.10. The van der Waals surface area contributed by atoms with Crippen molar-refractivity contribution < 1.29 is 9.59 Å². The van der Waals surface area contributed by atoms with Crippen LogP contribution in [0.4, 0.5) is 0 Å². The second-order valence-corrected chi connectivity index (χ2v) is 5.32. The Kier molecular flexibility index (Phi) is 3.53. The molecule has 0 aliphatic carbocycles. The van der Waals surface area contributed by atoms with E-state index in [9.17, 15) is 9.59 Å². The summed E-state index contributed by atoms with van der Waals surface area (Å²) in [4.78, 5) is 23.9. The van der Waals surface area contributed by atoms with Crippen LogP contribution < -0.4 is 5.32 Å². The summed E-state index contributed by atoms with van der Waals surface area (Å²) in [5.74, 6) is -0.848. The standard InChI is InChI=1S/C16H9Cl2NO2/c17-13-7-3-4-9(14(13)18)8-12-10-5-1-2-6-11(10)15(20)19-16(12)21/h1-8H,(H,19,20,21)/b12-8-. The van der Waals surface area contributed by atoms with Crippen LogP contribution in [-0.4, -0.2) is 11.8 Å². The monoisotopic (exact) mass is 317 g/mol. The number of halogens is 2. The molecule has 0 aromatic heterocycles. The molecule has 0 radical (unpaired) electrons. The van der Waals surface area contributed by atoms with Gasteiger partial charge in [-0.15, -0.1) is 0 Å². The van der Waals surface area contributed by atoms with Gasteiger partial charge in [0.2, 0.25) is 0 Å². The Hall–Kier alpha value is -2.10. The molecule has 3 rings (SSSR count). The molecule has 2 amide bonds. The van der Waals surface area contributed by atoms with Gasteiger partial charge in [-0.1, -0.05) is 53.5 Å². The van der Waals surface area contributed by atoms with Crippen molar-refractivity contribution in [2.45, 2.75) is 0 Å². The van der Waals surface area contributed by atoms with Gasteiger partial charge in [0.05, 0.1) is 10.0 Å². The van der Waals surface area contributed by atoms with Gasteiger partial charge < -0.3 is 0 Å². The normalized spacial score (nSPS) is 15.8. The molecule has 21 heavy (non-hydrogen) atoms. The van der Waals surface area contributed by atoms with Gasteiger partial charge in [0.15, 0.2) is 0 Å². The largest absolute Gasteiger partial charge is 0.288 e. The third-order valence-electron chi connectivity index (χ3n) is 3.21. The highest BCUT2D eigenvalue weighted by Gasteiger charge is 2.26. The lowest BCUT2D eigenvalue weighted by Gasteiger charge is -2.18. The Morgan fingerprint density at radius 1 is 0.857 bits per heavy atom. The van der Waals surface area contributed by atoms with E-state index in [1.165, 1.54) is 0 Å². The highest BCUT2D eigenvalue weighted by Crippen LogP contribution is 2.31. The molecule has 2 aromatic carbocycles. The van der Waals surface area contributed by atoms with E-state index in [0.29, 0.717) is 32.3 Å². The molecule has 1 N–H and O–H groups in total. The molecular weight excluding hydrogens is 309 g/mol. The fraction of sp³-hybridized carbons (Fsp3) is 0. The van der Waals surface area contributed by atoms with E-state index in [1.807, 2.05) is 0 Å². The van der Waals surface area contributed by atoms with Crippen molar-refractivity contribution in [3.8, 4) is 0 Å². The third kappa shape index (κ3) is 2.46. The first-order valence-corrected chi connectivity index (χ1v) is 6.94. The Labute approximate surface area is 131 Å². The second-order valence-electron chi connectivity index (χ2n) is 4.53. The Morgan fingerprint density at radius 3 is 2.33 bits per heavy atom. The topological polar surface area (TPSA) is 46.2 Å². The Morgan fingerprint density at radius 2 is 1.57 bits per heavy atom. The summed E-state index contributed by atoms with van der Waals surface area (Å²) in [7, 11) is 0. The molecule has 0 unspecified atom stereocenters. The number of benzene rings is 2. The zero-order valence-electron chi connectivity index (χ0n) is 10.7. The molecule has 5 heteroatoms. The molecule has 0 saturated heterocycles. The highest BCUT2D eigenvalue weighted by atomic mass is 35.5. The predicted octanol–water partition coefficient (Wildman–Crippen LogP) is 3.80. The Bertz CT molecular complexity index is 797. The molecule has 1 aliphatic heterocycles. The number of amides is 2. The van der Waals surface area contributed by atoms with Crippen LogP contribution >= 0.6 is 23.2 Å². The number of imide groups is 1. The van der Waals surface area contributed by atoms with Gasteiger partial charge in [0.1, 0.15) is 0 Å². The summed E-state index contributed by atoms with van der Waals surface area (Å²) in [6.45, 7) is 0. The van der Waals surface area contributed by atoms with Crippen molar-refractivity contribution >= 4 is 46.7 Å². The van der Waals surface area contributed by atoms with E-state index in [4.69, 9.17) is 23.2 Å². The summed E-state index contributed by atoms with van der Waals surface area (Å²) in [6.07, 6.45) is 1.63. The number of carbonyl (C=O) groups is 2. The van der Waals surface area contributed by atoms with E-state index in [-0.39, 0.29) is 0 Å². The van der Waals surface area contributed by atoms with Gasteiger partial charge in [-0.25, -0.2) is 0 Å². The van der Waals surface area contributed by atoms with Crippen LogP contribution in [0, 0.1) is 0 Å². The fourth-order valence-corrected chi connectivity index (χ4v) is 2.57. The SMILES string of the molecule is O=C1NC(=O)c2ccccc2/C1=C/c1cccc(Cl)c1Cl. The minimum atomic E-state index is -0.449. The van der Waals surface area contributed by atoms with Gasteiger partial charge in [0.25, 0.3) is 11.8 Å². The van der Waals surface area contributed by atoms with Crippen LogP contribution in [0.3, 0.4) is 0 Å². The summed E-state index contributed by atoms with van der Waals surface area (Å²) in [6, 6.07) is 12.1. The summed E-state index contributed by atoms with van der Waals surface area (Å²) in [5.41, 5.74) is 2.05. The molecule has 1 aliphatic rings. The van der Waals surface area contributed by atoms with Crippen molar-refractivity contribution in [3.63, 3.8) is 0 Å². The molecule has 0 atom stereocenters. The first-order chi connectivity index (χ1) is 10.1. The molecule has 104 valence electrons. The average molecular weight is 318 g/mol. The van der Waals surface area contributed by atoms with E-state index >= 15 is 0 Å². The minimum absolute atomic E-state index is 0.369. The lowest BCUT2D eigenvalue weighted by atomic mass is 9.93. The molecule has 2 aromatic rings. The van der Waals surface area contributed by atoms with Crippen molar-refractivity contribution in [3.05, 3.63) is 69.2 Å². The smallest absolute Gasteiger partial charge is 0.258 e. The molecule has 0 fully saturated rings. The maximum atomic E-state index is 12.1. The molecule has 0 bridgehead atoms. The number of nitrogens with one attached hydrogen (secondary N) is 1. The first-order valence-electron chi connectivity index (χ1n) is 6.18. The van der Waals surface area contributed by atoms with Gasteiger partial charge >= 0.3 is 0 Å². The van der Waals surface area contributed by atoms with Crippen LogP contribution in [0.1, 0.15) is 21.5 Å². The molecule has 3 nitrogen and oxygen atoms in total. The average Bonchev–Trinajstić information content (AvgIpc) is 2.47. The lowest BCUT2D eigenvalue weighted by molar-refractivity contribution is -0.114. The van der Waals surface area contributed by atoms with Crippen molar-refractivity contribution in [1.29, 1.82) is 0 Å². The van der Waals surface area contributed by atoms with Crippen molar-refractivity contribution in [1.82, 2.24) is 5.32 Å². The maximum absolute atomic E-state index is 12.1. The van der Waals surface area contributed by atoms with Crippen LogP contribution in [0.2, 0.25) is 10.0 Å². The maximum Gasteiger partial charge on any atom is 0.258 e. The molecule has 0 saturated carbocycles. The third-order valence-corrected chi connectivity index (χ3v) is 4.05. The zero-order chi connectivity index (χ0) is 15.0. The number of carbonyl (C=O) groups excluding carboxylic acids is 2. The van der Waals surface area contributed by atoms with Crippen LogP contribution in [-0.2, 0) is 4.79 Å². The predicted molar refractivity (Wildman–Crippen MR) is 83.2 cm³/mol. The summed E-state index contributed by atoms with van der Waals surface area (Å²) >= 11 is 12.1. The van der Waals surface area contributed by atoms with Crippen LogP contribution in [0.15, 0.2) is 42.5 Å². The molecule has 0 spiro atoms. The van der Waals surface area contributed by atoms with E-state index in [1.54, 1.807) is 48.5 Å². The summed E-state index contributed by atoms with van der Waals surface area (Å²) < 4.78 is 0. The highest BCUT2D eigenvalue weighted by molar-refractivity contribution is 6.43. The quantitative estimate of drug-likeness (QED) is 0.642. The van der Waals surface area contributed by atoms with E-state index in [0.717, 1.165) is 0 Å². The Balaban J connectivity index is 2.20. The lowest BCUT2D eigenvalue weighted by Crippen LogP contribution is -2.36. The number of hydrogen-bond acceptors (Lipinski definition) is 2. The van der Waals surface area contributed by atoms with E-state index in [2.05, 4.69) is 5.32 Å². The van der Waals surface area contributed by atoms with Crippen molar-refractivity contribution in [2.75, 3.05) is 0 Å². The van der Waals surface area contributed by atoms with Gasteiger partial charge in [-0.2, -0.15) is 0 Å². The fourth-order valence-electron chi connectivity index (χ4n) is 2.21. The van der Waals surface area contributed by atoms with Gasteiger partial charge in [0, 0.05) is 11.1 Å². The van der Waals surface area contributed by atoms with Crippen molar-refractivity contribution in [2.24, 2.45) is 0 Å². The number of fused-ring (bicyclic) bond motifs is 1. The number of rotatable bonds is 1. The van der Waals surface area contributed by atoms with Gasteiger partial charge in [-0.3, -0.25) is 14.9 Å². The van der Waals surface area contributed by atoms with E-state index < -0.39 is 11.8 Å². The van der Waals surface area contributed by atoms with Crippen LogP contribution in [0.25, 0.3) is 11.6 Å². The zero-order valence-corrected chi connectivity index (χ0v) is 12.2. The van der Waals surface area contributed by atoms with Crippen LogP contribution in [0.5, 0.6) is 0 Å². The minimum Gasteiger partial charge on any atom is -0.288 e. The number of hydrogen-bond donors (Lipinski definition) is 1. The van der Waals surface area contributed by atoms with Gasteiger partial charge in [-0.05, 0) is 29.3 Å².